The molecule has 2 aromatic heterocycles. The van der Waals surface area contributed by atoms with E-state index in [1.54, 1.807) is 12.1 Å². The molecule has 0 saturated heterocycles. The number of ether oxygens (including phenoxy) is 1. The molecule has 0 spiro atoms. The molecule has 6 rings (SSSR count). The van der Waals surface area contributed by atoms with Gasteiger partial charge in [-0.3, -0.25) is 9.10 Å². The van der Waals surface area contributed by atoms with Gasteiger partial charge in [0.1, 0.15) is 22.9 Å². The number of sulfonamides is 1. The van der Waals surface area contributed by atoms with Crippen LogP contribution in [0.2, 0.25) is 5.02 Å². The summed E-state index contributed by atoms with van der Waals surface area (Å²) in [6.45, 7) is 18.3. The van der Waals surface area contributed by atoms with Gasteiger partial charge in [-0.15, -0.1) is 0 Å². The van der Waals surface area contributed by atoms with E-state index in [2.05, 4.69) is 25.7 Å². The zero-order chi connectivity index (χ0) is 37.2. The summed E-state index contributed by atoms with van der Waals surface area (Å²) in [6, 6.07) is 14.6. The Hall–Kier alpha value is -4.54. The van der Waals surface area contributed by atoms with Crippen LogP contribution in [0.1, 0.15) is 65.1 Å². The summed E-state index contributed by atoms with van der Waals surface area (Å²) in [5.41, 5.74) is 4.00. The van der Waals surface area contributed by atoms with Gasteiger partial charge < -0.3 is 19.0 Å². The minimum atomic E-state index is -3.72. The van der Waals surface area contributed by atoms with Gasteiger partial charge in [-0.25, -0.2) is 12.8 Å². The number of amides is 1. The van der Waals surface area contributed by atoms with Crippen molar-refractivity contribution in [2.45, 2.75) is 54.7 Å². The Balaban J connectivity index is 0.00000136. The van der Waals surface area contributed by atoms with Gasteiger partial charge in [-0.2, -0.15) is 0 Å². The Morgan fingerprint density at radius 3 is 2.22 bits per heavy atom. The summed E-state index contributed by atoms with van der Waals surface area (Å²) < 4.78 is 55.4. The maximum atomic E-state index is 13.8. The summed E-state index contributed by atoms with van der Waals surface area (Å²) >= 11 is 6.99. The molecule has 1 amide bonds. The molecule has 11 heteroatoms. The highest BCUT2D eigenvalue weighted by atomic mass is 35.5. The highest BCUT2D eigenvalue weighted by Crippen LogP contribution is 2.46. The molecule has 0 bridgehead atoms. The smallest absolute Gasteiger partial charge is 0.255 e. The van der Waals surface area contributed by atoms with Crippen molar-refractivity contribution in [1.82, 2.24) is 9.88 Å². The van der Waals surface area contributed by atoms with Gasteiger partial charge in [0.05, 0.1) is 28.2 Å². The number of benzene rings is 3. The topological polar surface area (TPSA) is 93.8 Å². The van der Waals surface area contributed by atoms with Crippen LogP contribution in [-0.2, 0) is 10.0 Å². The SMILES string of the molecule is C=c1/c(=C\C)c(Cl)c2n1C(C(C)C)Oc1ccc(-c3cc4c(C(=O)NC)c(-c5ccc(F)cc5)oc4cc3N(C)S(C)(=O)=O)cc1-2.CC.CC. The number of carbonyl (C=O) groups excluding carboxylic acids is 1. The Kier molecular flexibility index (Phi) is 11.6. The lowest BCUT2D eigenvalue weighted by Crippen LogP contribution is -2.36. The standard InChI is InChI=1S/C35H33ClFN3O5S.2C2H6/c1-8-23-19(4)40-32(31(23)36)26-15-21(11-14-28(26)45-35(40)18(2)3)24-16-25-29(17-27(24)39(6)46(7,42)43)44-33(30(25)34(41)38-5)20-9-12-22(37)13-10-20;2*1-2/h8-18,35H,4H2,1-3,5-7H3,(H,38,41);2*1-2H3/b23-8+;;. The van der Waals surface area contributed by atoms with Crippen molar-refractivity contribution in [3.05, 3.63) is 81.6 Å². The van der Waals surface area contributed by atoms with Gasteiger partial charge in [0.15, 0.2) is 6.23 Å². The monoisotopic (exact) mass is 721 g/mol. The zero-order valence-electron chi connectivity index (χ0n) is 30.2. The first-order valence-corrected chi connectivity index (χ1v) is 18.9. The molecule has 266 valence electrons. The highest BCUT2D eigenvalue weighted by Gasteiger charge is 2.32. The predicted molar refractivity (Wildman–Crippen MR) is 204 cm³/mol. The number of nitrogens with one attached hydrogen (secondary N) is 1. The number of fused-ring (bicyclic) bond motifs is 4. The van der Waals surface area contributed by atoms with Crippen LogP contribution < -0.4 is 24.9 Å². The lowest BCUT2D eigenvalue weighted by molar-refractivity contribution is 0.0768. The van der Waals surface area contributed by atoms with Crippen molar-refractivity contribution in [2.24, 2.45) is 5.92 Å². The molecular formula is C39H45ClFN3O5S. The van der Waals surface area contributed by atoms with E-state index >= 15 is 0 Å². The van der Waals surface area contributed by atoms with Gasteiger partial charge in [0, 0.05) is 58.7 Å². The second-order valence-corrected chi connectivity index (χ2v) is 14.0. The fourth-order valence-electron chi connectivity index (χ4n) is 6.01. The maximum Gasteiger partial charge on any atom is 0.255 e. The van der Waals surface area contributed by atoms with Crippen LogP contribution in [0, 0.1) is 11.7 Å². The Bertz CT molecular complexity index is 2280. The van der Waals surface area contributed by atoms with E-state index < -0.39 is 21.7 Å². The molecule has 0 fully saturated rings. The van der Waals surface area contributed by atoms with E-state index in [-0.39, 0.29) is 29.1 Å². The van der Waals surface area contributed by atoms with E-state index in [4.69, 9.17) is 20.8 Å². The van der Waals surface area contributed by atoms with Crippen LogP contribution in [0.4, 0.5) is 10.1 Å². The third-order valence-electron chi connectivity index (χ3n) is 8.40. The second-order valence-electron chi connectivity index (χ2n) is 11.6. The van der Waals surface area contributed by atoms with Gasteiger partial charge in [0.2, 0.25) is 10.0 Å². The minimum Gasteiger partial charge on any atom is -0.469 e. The highest BCUT2D eigenvalue weighted by molar-refractivity contribution is 7.92. The lowest BCUT2D eigenvalue weighted by Gasteiger charge is -2.32. The molecule has 1 aliphatic heterocycles. The third kappa shape index (κ3) is 6.66. The van der Waals surface area contributed by atoms with Crippen LogP contribution in [-0.4, -0.2) is 39.2 Å². The number of hydrogen-bond acceptors (Lipinski definition) is 5. The van der Waals surface area contributed by atoms with Crippen LogP contribution in [0.5, 0.6) is 5.75 Å². The van der Waals surface area contributed by atoms with Gasteiger partial charge in [-0.05, 0) is 55.0 Å². The molecule has 1 unspecified atom stereocenters. The molecule has 1 aliphatic rings. The molecule has 3 aromatic carbocycles. The van der Waals surface area contributed by atoms with Crippen LogP contribution in [0.15, 0.2) is 59.0 Å². The largest absolute Gasteiger partial charge is 0.469 e. The normalized spacial score (nSPS) is 13.8. The molecule has 1 N–H and O–H groups in total. The summed E-state index contributed by atoms with van der Waals surface area (Å²) in [5, 5.41) is 5.21. The van der Waals surface area contributed by atoms with Crippen molar-refractivity contribution >= 4 is 56.8 Å². The fraction of sp³-hybridized carbons (Fsp3) is 0.308. The van der Waals surface area contributed by atoms with Crippen LogP contribution in [0.25, 0.3) is 57.3 Å². The van der Waals surface area contributed by atoms with Crippen molar-refractivity contribution in [3.8, 4) is 39.5 Å². The van der Waals surface area contributed by atoms with E-state index in [0.29, 0.717) is 38.5 Å². The van der Waals surface area contributed by atoms with Crippen LogP contribution in [0.3, 0.4) is 0 Å². The predicted octanol–water partition coefficient (Wildman–Crippen LogP) is 8.59. The quantitative estimate of drug-likeness (QED) is 0.190. The van der Waals surface area contributed by atoms with Crippen molar-refractivity contribution in [3.63, 3.8) is 0 Å². The van der Waals surface area contributed by atoms with E-state index in [1.165, 1.54) is 42.7 Å². The average Bonchev–Trinajstić information content (AvgIpc) is 3.61. The van der Waals surface area contributed by atoms with Crippen molar-refractivity contribution in [1.29, 1.82) is 0 Å². The minimum absolute atomic E-state index is 0.109. The molecule has 1 atom stereocenters. The van der Waals surface area contributed by atoms with E-state index in [1.807, 2.05) is 63.5 Å². The molecule has 5 aromatic rings. The molecule has 8 nitrogen and oxygen atoms in total. The first kappa shape index (κ1) is 38.3. The summed E-state index contributed by atoms with van der Waals surface area (Å²) in [4.78, 5) is 13.3. The first-order chi connectivity index (χ1) is 23.8. The number of aromatic nitrogens is 1. The molecular weight excluding hydrogens is 677 g/mol. The van der Waals surface area contributed by atoms with Gasteiger partial charge >= 0.3 is 0 Å². The molecule has 0 aliphatic carbocycles. The Labute approximate surface area is 298 Å². The average molecular weight is 722 g/mol. The van der Waals surface area contributed by atoms with Crippen LogP contribution >= 0.6 is 11.6 Å². The number of anilines is 1. The molecule has 3 heterocycles. The summed E-state index contributed by atoms with van der Waals surface area (Å²) in [5.74, 6) is 0.121. The Morgan fingerprint density at radius 1 is 1.04 bits per heavy atom. The second kappa shape index (κ2) is 15.1. The number of hydrogen-bond donors (Lipinski definition) is 1. The third-order valence-corrected chi connectivity index (χ3v) is 9.97. The van der Waals surface area contributed by atoms with Crippen molar-refractivity contribution < 1.29 is 26.8 Å². The summed E-state index contributed by atoms with van der Waals surface area (Å²) in [7, 11) is -0.758. The zero-order valence-corrected chi connectivity index (χ0v) is 31.8. The van der Waals surface area contributed by atoms with Crippen molar-refractivity contribution in [2.75, 3.05) is 24.7 Å². The van der Waals surface area contributed by atoms with E-state index in [0.717, 1.165) is 28.1 Å². The van der Waals surface area contributed by atoms with E-state index in [9.17, 15) is 17.6 Å². The number of halogens is 2. The first-order valence-electron chi connectivity index (χ1n) is 16.7. The van der Waals surface area contributed by atoms with Gasteiger partial charge in [-0.1, -0.05) is 71.9 Å². The summed E-state index contributed by atoms with van der Waals surface area (Å²) in [6.07, 6.45) is 2.70. The van der Waals surface area contributed by atoms with Gasteiger partial charge in [0.25, 0.3) is 5.91 Å². The molecule has 0 radical (unpaired) electrons. The molecule has 50 heavy (non-hydrogen) atoms. The number of rotatable bonds is 6. The number of carbonyl (C=O) groups is 1. The fourth-order valence-corrected chi connectivity index (χ4v) is 6.93. The molecule has 0 saturated carbocycles. The maximum absolute atomic E-state index is 13.8. The Morgan fingerprint density at radius 2 is 1.66 bits per heavy atom. The lowest BCUT2D eigenvalue weighted by atomic mass is 9.95. The number of nitrogens with zero attached hydrogens (tertiary/aromatic N) is 2. The number of furan rings is 1.